The van der Waals surface area contributed by atoms with Crippen LogP contribution in [-0.4, -0.2) is 22.9 Å². The molecule has 3 rings (SSSR count). The molecular weight excluding hydrogens is 382 g/mol. The van der Waals surface area contributed by atoms with Gasteiger partial charge in [0.25, 0.3) is 5.89 Å². The maximum Gasteiger partial charge on any atom is 0.573 e. The quantitative estimate of drug-likeness (QED) is 0.573. The number of rotatable bonds is 4. The lowest BCUT2D eigenvalue weighted by Gasteiger charge is -2.08. The van der Waals surface area contributed by atoms with Gasteiger partial charge in [-0.25, -0.2) is 0 Å². The number of nitrogens with zero attached hydrogens (tertiary/aromatic N) is 2. The minimum Gasteiger partial charge on any atom is -0.406 e. The van der Waals surface area contributed by atoms with Gasteiger partial charge in [0, 0.05) is 11.1 Å². The van der Waals surface area contributed by atoms with Crippen molar-refractivity contribution in [2.75, 3.05) is 0 Å². The average Bonchev–Trinajstić information content (AvgIpc) is 3.03. The van der Waals surface area contributed by atoms with Gasteiger partial charge in [-0.1, -0.05) is 5.16 Å². The monoisotopic (exact) mass is 390 g/mol. The molecule has 0 aliphatic heterocycles. The van der Waals surface area contributed by atoms with E-state index in [0.717, 1.165) is 24.3 Å². The molecule has 0 saturated carbocycles. The molecule has 0 fully saturated rings. The van der Waals surface area contributed by atoms with Gasteiger partial charge >= 0.3 is 12.7 Å². The molecular formula is C16H8F6N2O3. The van der Waals surface area contributed by atoms with E-state index < -0.39 is 24.2 Å². The summed E-state index contributed by atoms with van der Waals surface area (Å²) in [7, 11) is 0. The third-order valence-corrected chi connectivity index (χ3v) is 3.11. The van der Waals surface area contributed by atoms with Crippen molar-refractivity contribution >= 4 is 0 Å². The van der Waals surface area contributed by atoms with Crippen molar-refractivity contribution in [3.05, 3.63) is 48.5 Å². The molecule has 0 N–H and O–H groups in total. The first-order valence-electron chi connectivity index (χ1n) is 7.15. The number of ether oxygens (including phenoxy) is 2. The smallest absolute Gasteiger partial charge is 0.406 e. The Morgan fingerprint density at radius 3 is 1.56 bits per heavy atom. The van der Waals surface area contributed by atoms with Crippen molar-refractivity contribution in [3.8, 4) is 34.3 Å². The Kier molecular flexibility index (Phi) is 4.68. The second-order valence-electron chi connectivity index (χ2n) is 5.07. The molecule has 5 nitrogen and oxygen atoms in total. The molecule has 1 heterocycles. The normalized spacial score (nSPS) is 12.1. The van der Waals surface area contributed by atoms with Crippen LogP contribution in [0, 0.1) is 0 Å². The highest BCUT2D eigenvalue weighted by atomic mass is 19.4. The van der Waals surface area contributed by atoms with E-state index in [2.05, 4.69) is 19.6 Å². The molecule has 142 valence electrons. The summed E-state index contributed by atoms with van der Waals surface area (Å²) >= 11 is 0. The fourth-order valence-electron chi connectivity index (χ4n) is 2.06. The molecule has 27 heavy (non-hydrogen) atoms. The maximum absolute atomic E-state index is 12.1. The fraction of sp³-hybridized carbons (Fsp3) is 0.125. The lowest BCUT2D eigenvalue weighted by Crippen LogP contribution is -2.16. The average molecular weight is 390 g/mol. The van der Waals surface area contributed by atoms with Gasteiger partial charge in [0.1, 0.15) is 11.5 Å². The number of hydrogen-bond acceptors (Lipinski definition) is 5. The van der Waals surface area contributed by atoms with Crippen LogP contribution in [-0.2, 0) is 0 Å². The Balaban J connectivity index is 1.75. The Bertz CT molecular complexity index is 828. The number of halogens is 6. The predicted octanol–water partition coefficient (Wildman–Crippen LogP) is 5.20. The van der Waals surface area contributed by atoms with Gasteiger partial charge in [-0.2, -0.15) is 4.98 Å². The first-order chi connectivity index (χ1) is 12.6. The molecule has 0 radical (unpaired) electrons. The standard InChI is InChI=1S/C16H8F6N2O3/c17-15(18,19)25-11-5-1-9(2-6-11)13-23-14(27-24-13)10-3-7-12(8-4-10)26-16(20,21)22/h1-8H. The van der Waals surface area contributed by atoms with Gasteiger partial charge in [0.2, 0.25) is 5.82 Å². The molecule has 0 aliphatic carbocycles. The Labute approximate surface area is 147 Å². The first kappa shape index (κ1) is 18.5. The van der Waals surface area contributed by atoms with Crippen LogP contribution in [0.15, 0.2) is 53.1 Å². The summed E-state index contributed by atoms with van der Waals surface area (Å²) in [5, 5.41) is 3.69. The van der Waals surface area contributed by atoms with E-state index >= 15 is 0 Å². The van der Waals surface area contributed by atoms with Crippen LogP contribution in [0.1, 0.15) is 0 Å². The van der Waals surface area contributed by atoms with E-state index in [1.54, 1.807) is 0 Å². The summed E-state index contributed by atoms with van der Waals surface area (Å²) in [6, 6.07) is 9.51. The predicted molar refractivity (Wildman–Crippen MR) is 78.5 cm³/mol. The lowest BCUT2D eigenvalue weighted by atomic mass is 10.2. The van der Waals surface area contributed by atoms with Crippen LogP contribution in [0.4, 0.5) is 26.3 Å². The molecule has 11 heteroatoms. The van der Waals surface area contributed by atoms with Gasteiger partial charge in [-0.05, 0) is 48.5 Å². The van der Waals surface area contributed by atoms with Crippen LogP contribution < -0.4 is 9.47 Å². The largest absolute Gasteiger partial charge is 0.573 e. The summed E-state index contributed by atoms with van der Waals surface area (Å²) in [4.78, 5) is 4.06. The highest BCUT2D eigenvalue weighted by molar-refractivity contribution is 5.60. The number of hydrogen-bond donors (Lipinski definition) is 0. The molecule has 2 aromatic carbocycles. The molecule has 0 saturated heterocycles. The SMILES string of the molecule is FC(F)(F)Oc1ccc(-c2noc(-c3ccc(OC(F)(F)F)cc3)n2)cc1. The van der Waals surface area contributed by atoms with E-state index in [-0.39, 0.29) is 11.7 Å². The summed E-state index contributed by atoms with van der Waals surface area (Å²) in [6.07, 6.45) is -9.61. The van der Waals surface area contributed by atoms with Crippen molar-refractivity contribution in [1.82, 2.24) is 10.1 Å². The molecule has 0 amide bonds. The fourth-order valence-corrected chi connectivity index (χ4v) is 2.06. The molecule has 0 unspecified atom stereocenters. The second kappa shape index (κ2) is 6.82. The van der Waals surface area contributed by atoms with E-state index in [1.807, 2.05) is 0 Å². The van der Waals surface area contributed by atoms with Gasteiger partial charge in [0.05, 0.1) is 0 Å². The minimum atomic E-state index is -4.80. The topological polar surface area (TPSA) is 57.4 Å². The summed E-state index contributed by atoms with van der Waals surface area (Å²) in [6.45, 7) is 0. The number of aromatic nitrogens is 2. The molecule has 0 bridgehead atoms. The summed E-state index contributed by atoms with van der Waals surface area (Å²) < 4.78 is 85.4. The molecule has 0 atom stereocenters. The van der Waals surface area contributed by atoms with Crippen molar-refractivity contribution in [2.45, 2.75) is 12.7 Å². The number of benzene rings is 2. The zero-order valence-electron chi connectivity index (χ0n) is 13.0. The van der Waals surface area contributed by atoms with Crippen molar-refractivity contribution in [1.29, 1.82) is 0 Å². The zero-order valence-corrected chi connectivity index (χ0v) is 13.0. The molecule has 1 aromatic heterocycles. The highest BCUT2D eigenvalue weighted by Gasteiger charge is 2.31. The van der Waals surface area contributed by atoms with Gasteiger partial charge in [-0.3, -0.25) is 0 Å². The van der Waals surface area contributed by atoms with E-state index in [0.29, 0.717) is 11.1 Å². The Hall–Kier alpha value is -3.24. The molecule has 0 aliphatic rings. The van der Waals surface area contributed by atoms with Gasteiger partial charge in [0.15, 0.2) is 0 Å². The zero-order chi connectivity index (χ0) is 19.7. The molecule has 0 spiro atoms. The van der Waals surface area contributed by atoms with E-state index in [4.69, 9.17) is 4.52 Å². The highest BCUT2D eigenvalue weighted by Crippen LogP contribution is 2.28. The van der Waals surface area contributed by atoms with Crippen LogP contribution in [0.5, 0.6) is 11.5 Å². The Morgan fingerprint density at radius 1 is 0.667 bits per heavy atom. The Morgan fingerprint density at radius 2 is 1.11 bits per heavy atom. The third-order valence-electron chi connectivity index (χ3n) is 3.11. The number of alkyl halides is 6. The van der Waals surface area contributed by atoms with E-state index in [1.165, 1.54) is 24.3 Å². The third kappa shape index (κ3) is 5.12. The van der Waals surface area contributed by atoms with Crippen LogP contribution in [0.3, 0.4) is 0 Å². The second-order valence-corrected chi connectivity index (χ2v) is 5.07. The maximum atomic E-state index is 12.1. The van der Waals surface area contributed by atoms with Crippen LogP contribution in [0.25, 0.3) is 22.8 Å². The van der Waals surface area contributed by atoms with Crippen molar-refractivity contribution in [2.24, 2.45) is 0 Å². The lowest BCUT2D eigenvalue weighted by molar-refractivity contribution is -0.275. The minimum absolute atomic E-state index is 0.0131. The van der Waals surface area contributed by atoms with Gasteiger partial charge < -0.3 is 14.0 Å². The summed E-state index contributed by atoms with van der Waals surface area (Å²) in [5.41, 5.74) is 0.692. The first-order valence-corrected chi connectivity index (χ1v) is 7.15. The van der Waals surface area contributed by atoms with Gasteiger partial charge in [-0.15, -0.1) is 26.3 Å². The van der Waals surface area contributed by atoms with Crippen molar-refractivity contribution in [3.63, 3.8) is 0 Å². The molecule has 3 aromatic rings. The van der Waals surface area contributed by atoms with E-state index in [9.17, 15) is 26.3 Å². The van der Waals surface area contributed by atoms with Crippen LogP contribution >= 0.6 is 0 Å². The van der Waals surface area contributed by atoms with Crippen LogP contribution in [0.2, 0.25) is 0 Å². The summed E-state index contributed by atoms with van der Waals surface area (Å²) in [5.74, 6) is -0.722. The van der Waals surface area contributed by atoms with Crippen molar-refractivity contribution < 1.29 is 40.3 Å².